The van der Waals surface area contributed by atoms with E-state index in [9.17, 15) is 5.11 Å². The van der Waals surface area contributed by atoms with E-state index in [1.807, 2.05) is 45.1 Å². The van der Waals surface area contributed by atoms with Gasteiger partial charge in [-0.25, -0.2) is 0 Å². The van der Waals surface area contributed by atoms with Crippen LogP contribution in [0.15, 0.2) is 35.8 Å². The molecule has 2 heteroatoms. The molecule has 2 N–H and O–H groups in total. The minimum atomic E-state index is -0.0959. The molecule has 0 aromatic rings. The fourth-order valence-electron chi connectivity index (χ4n) is 0.959. The highest BCUT2D eigenvalue weighted by Gasteiger charge is 2.12. The second kappa shape index (κ2) is 3.05. The minimum absolute atomic E-state index is 0.0959. The van der Waals surface area contributed by atoms with Gasteiger partial charge in [0.15, 0.2) is 5.88 Å². The van der Waals surface area contributed by atoms with Crippen molar-refractivity contribution in [2.75, 3.05) is 0 Å². The van der Waals surface area contributed by atoms with Crippen molar-refractivity contribution < 1.29 is 5.11 Å². The van der Waals surface area contributed by atoms with Crippen molar-refractivity contribution >= 4 is 0 Å². The normalized spacial score (nSPS) is 15.4. The molecule has 12 heavy (non-hydrogen) atoms. The van der Waals surface area contributed by atoms with Gasteiger partial charge in [0, 0.05) is 11.1 Å². The highest BCUT2D eigenvalue weighted by atomic mass is 16.3. The molecule has 0 saturated carbocycles. The standard InChI is InChI=1S/C10H15NO/c1-10(2,3)11-9(12)8-6-4-5-7-8/h4-7,11-12H,1-3H3. The van der Waals surface area contributed by atoms with Gasteiger partial charge in [0.05, 0.1) is 0 Å². The molecule has 1 aliphatic rings. The molecule has 0 spiro atoms. The first-order valence-corrected chi connectivity index (χ1v) is 4.05. The van der Waals surface area contributed by atoms with Crippen LogP contribution in [0.5, 0.6) is 0 Å². The smallest absolute Gasteiger partial charge is 0.192 e. The lowest BCUT2D eigenvalue weighted by atomic mass is 10.1. The van der Waals surface area contributed by atoms with Crippen LogP contribution in [0, 0.1) is 0 Å². The topological polar surface area (TPSA) is 32.3 Å². The number of aliphatic hydroxyl groups excluding tert-OH is 1. The maximum atomic E-state index is 9.55. The molecular formula is C10H15NO. The largest absolute Gasteiger partial charge is 0.494 e. The van der Waals surface area contributed by atoms with Gasteiger partial charge in [-0.3, -0.25) is 0 Å². The number of aliphatic hydroxyl groups is 1. The summed E-state index contributed by atoms with van der Waals surface area (Å²) in [7, 11) is 0. The zero-order chi connectivity index (χ0) is 9.19. The molecule has 0 bridgehead atoms. The molecule has 0 aromatic carbocycles. The van der Waals surface area contributed by atoms with Crippen LogP contribution in [0.2, 0.25) is 0 Å². The summed E-state index contributed by atoms with van der Waals surface area (Å²) in [6.45, 7) is 6.02. The molecule has 0 radical (unpaired) electrons. The third-order valence-electron chi connectivity index (χ3n) is 1.43. The van der Waals surface area contributed by atoms with Gasteiger partial charge in [-0.05, 0) is 32.9 Å². The number of hydrogen-bond donors (Lipinski definition) is 2. The van der Waals surface area contributed by atoms with E-state index in [4.69, 9.17) is 0 Å². The lowest BCUT2D eigenvalue weighted by Crippen LogP contribution is -2.35. The monoisotopic (exact) mass is 165 g/mol. The van der Waals surface area contributed by atoms with Gasteiger partial charge in [-0.15, -0.1) is 0 Å². The second-order valence-corrected chi connectivity index (χ2v) is 3.90. The van der Waals surface area contributed by atoms with Crippen molar-refractivity contribution in [2.24, 2.45) is 0 Å². The third kappa shape index (κ3) is 2.46. The number of hydrogen-bond acceptors (Lipinski definition) is 2. The van der Waals surface area contributed by atoms with Crippen molar-refractivity contribution in [3.63, 3.8) is 0 Å². The summed E-state index contributed by atoms with van der Waals surface area (Å²) in [4.78, 5) is 0. The maximum absolute atomic E-state index is 9.55. The predicted octanol–water partition coefficient (Wildman–Crippen LogP) is 2.27. The molecule has 2 nitrogen and oxygen atoms in total. The average Bonchev–Trinajstić information content (AvgIpc) is 2.32. The summed E-state index contributed by atoms with van der Waals surface area (Å²) in [5.41, 5.74) is 0.742. The number of allylic oxidation sites excluding steroid dienone is 5. The summed E-state index contributed by atoms with van der Waals surface area (Å²) >= 11 is 0. The van der Waals surface area contributed by atoms with Crippen molar-refractivity contribution in [2.45, 2.75) is 26.3 Å². The lowest BCUT2D eigenvalue weighted by molar-refractivity contribution is 0.307. The van der Waals surface area contributed by atoms with Gasteiger partial charge in [-0.1, -0.05) is 12.2 Å². The van der Waals surface area contributed by atoms with Crippen molar-refractivity contribution in [1.29, 1.82) is 0 Å². The molecule has 1 aliphatic carbocycles. The third-order valence-corrected chi connectivity index (χ3v) is 1.43. The summed E-state index contributed by atoms with van der Waals surface area (Å²) in [6.07, 6.45) is 7.54. The van der Waals surface area contributed by atoms with Gasteiger partial charge in [0.2, 0.25) is 0 Å². The summed E-state index contributed by atoms with van der Waals surface area (Å²) in [5.74, 6) is 0.243. The van der Waals surface area contributed by atoms with E-state index in [1.165, 1.54) is 0 Å². The van der Waals surface area contributed by atoms with Gasteiger partial charge >= 0.3 is 0 Å². The Morgan fingerprint density at radius 3 is 2.17 bits per heavy atom. The molecule has 66 valence electrons. The quantitative estimate of drug-likeness (QED) is 0.584. The summed E-state index contributed by atoms with van der Waals surface area (Å²) in [6, 6.07) is 0. The van der Waals surface area contributed by atoms with Crippen LogP contribution < -0.4 is 5.32 Å². The zero-order valence-corrected chi connectivity index (χ0v) is 7.76. The Balaban J connectivity index is 2.71. The van der Waals surface area contributed by atoms with Crippen molar-refractivity contribution in [1.82, 2.24) is 5.32 Å². The van der Waals surface area contributed by atoms with Crippen LogP contribution in [0.25, 0.3) is 0 Å². The molecule has 0 aromatic heterocycles. The molecule has 0 amide bonds. The first kappa shape index (κ1) is 8.91. The number of rotatable bonds is 1. The van der Waals surface area contributed by atoms with Gasteiger partial charge in [-0.2, -0.15) is 0 Å². The number of nitrogens with one attached hydrogen (secondary N) is 1. The molecule has 0 atom stereocenters. The predicted molar refractivity (Wildman–Crippen MR) is 50.8 cm³/mol. The van der Waals surface area contributed by atoms with Crippen molar-refractivity contribution in [3.05, 3.63) is 35.8 Å². The molecule has 0 fully saturated rings. The minimum Gasteiger partial charge on any atom is -0.494 e. The van der Waals surface area contributed by atoms with Gasteiger partial charge < -0.3 is 10.4 Å². The fraction of sp³-hybridized carbons (Fsp3) is 0.400. The molecule has 1 rings (SSSR count). The lowest BCUT2D eigenvalue weighted by Gasteiger charge is -2.21. The average molecular weight is 165 g/mol. The van der Waals surface area contributed by atoms with E-state index in [2.05, 4.69) is 5.32 Å². The van der Waals surface area contributed by atoms with Crippen LogP contribution in [-0.2, 0) is 0 Å². The van der Waals surface area contributed by atoms with E-state index < -0.39 is 0 Å². The highest BCUT2D eigenvalue weighted by Crippen LogP contribution is 2.12. The van der Waals surface area contributed by atoms with Crippen LogP contribution in [0.1, 0.15) is 20.8 Å². The molecule has 0 heterocycles. The van der Waals surface area contributed by atoms with Gasteiger partial charge in [0.1, 0.15) is 0 Å². The summed E-state index contributed by atoms with van der Waals surface area (Å²) in [5, 5.41) is 12.5. The maximum Gasteiger partial charge on any atom is 0.192 e. The Hall–Kier alpha value is -1.18. The van der Waals surface area contributed by atoms with Crippen LogP contribution in [0.4, 0.5) is 0 Å². The molecule has 0 saturated heterocycles. The Bertz CT molecular complexity index is 240. The Labute approximate surface area is 73.3 Å². The molecule has 0 aliphatic heterocycles. The van der Waals surface area contributed by atoms with Gasteiger partial charge in [0.25, 0.3) is 0 Å². The van der Waals surface area contributed by atoms with E-state index in [0.29, 0.717) is 0 Å². The first-order chi connectivity index (χ1) is 5.49. The first-order valence-electron chi connectivity index (χ1n) is 4.05. The van der Waals surface area contributed by atoms with Crippen LogP contribution in [-0.4, -0.2) is 10.6 Å². The van der Waals surface area contributed by atoms with E-state index in [0.717, 1.165) is 5.57 Å². The molecular weight excluding hydrogens is 150 g/mol. The summed E-state index contributed by atoms with van der Waals surface area (Å²) < 4.78 is 0. The second-order valence-electron chi connectivity index (χ2n) is 3.90. The Morgan fingerprint density at radius 1 is 1.25 bits per heavy atom. The highest BCUT2D eigenvalue weighted by molar-refractivity contribution is 5.41. The SMILES string of the molecule is CC(C)(C)NC(O)=C1C=CC=C1. The Morgan fingerprint density at radius 2 is 1.75 bits per heavy atom. The van der Waals surface area contributed by atoms with Crippen LogP contribution in [0.3, 0.4) is 0 Å². The molecule has 0 unspecified atom stereocenters. The van der Waals surface area contributed by atoms with Crippen LogP contribution >= 0.6 is 0 Å². The zero-order valence-electron chi connectivity index (χ0n) is 7.76. The Kier molecular flexibility index (Phi) is 2.27. The fourth-order valence-corrected chi connectivity index (χ4v) is 0.959. The van der Waals surface area contributed by atoms with Crippen molar-refractivity contribution in [3.8, 4) is 0 Å². The van der Waals surface area contributed by atoms with E-state index in [1.54, 1.807) is 0 Å². The van der Waals surface area contributed by atoms with E-state index >= 15 is 0 Å². The van der Waals surface area contributed by atoms with E-state index in [-0.39, 0.29) is 11.4 Å².